The Morgan fingerprint density at radius 1 is 0.587 bits per heavy atom. The molecule has 0 bridgehead atoms. The number of ether oxygens (including phenoxy) is 1. The minimum atomic E-state index is -0.947. The minimum absolute atomic E-state index is 0.157. The second-order valence-corrected chi connectivity index (χ2v) is 13.1. The molecule has 2 N–H and O–H groups in total. The Bertz CT molecular complexity index is 1200. The van der Waals surface area contributed by atoms with Gasteiger partial charge in [0.2, 0.25) is 0 Å². The van der Waals surface area contributed by atoms with Gasteiger partial charge >= 0.3 is 11.9 Å². The predicted octanol–water partition coefficient (Wildman–Crippen LogP) is 11.0. The minimum Gasteiger partial charge on any atom is -0.478 e. The summed E-state index contributed by atoms with van der Waals surface area (Å²) in [5.41, 5.74) is 1.96. The van der Waals surface area contributed by atoms with Crippen LogP contribution in [0.4, 0.5) is 0 Å². The van der Waals surface area contributed by atoms with Crippen LogP contribution in [0.5, 0.6) is 0 Å². The molecule has 0 amide bonds. The van der Waals surface area contributed by atoms with E-state index in [9.17, 15) is 24.6 Å². The number of carboxylic acids is 2. The predicted molar refractivity (Wildman–Crippen MR) is 184 cm³/mol. The zero-order chi connectivity index (χ0) is 32.9. The lowest BCUT2D eigenvalue weighted by molar-refractivity contribution is 0.0686. The standard InChI is InChI=1S/C40H56O6/c41-32-22-20-18-16-14-12-10-8-6-4-2-1-3-5-7-9-11-13-15-17-19-21-31-40(36-29-27-35(28-30-36)39(44)45)37(46-40)33-23-25-34(26-24-33)38(42)43/h22-30,37H,1-21,31H2,(H,42,43)(H,44,45). The van der Waals surface area contributed by atoms with Crippen LogP contribution in [0.1, 0.15) is 179 Å². The largest absolute Gasteiger partial charge is 0.478 e. The summed E-state index contributed by atoms with van der Waals surface area (Å²) in [6.45, 7) is 0. The summed E-state index contributed by atoms with van der Waals surface area (Å²) in [5, 5.41) is 18.5. The first-order valence-corrected chi connectivity index (χ1v) is 18.0. The topological polar surface area (TPSA) is 104 Å². The average molecular weight is 633 g/mol. The maximum absolute atomic E-state index is 11.3. The van der Waals surface area contributed by atoms with Crippen LogP contribution >= 0.6 is 0 Å². The van der Waals surface area contributed by atoms with Crippen molar-refractivity contribution in [1.29, 1.82) is 0 Å². The number of benzene rings is 2. The van der Waals surface area contributed by atoms with Gasteiger partial charge in [-0.25, -0.2) is 14.4 Å². The molecule has 0 spiro atoms. The third-order valence-corrected chi connectivity index (χ3v) is 9.51. The molecule has 2 aromatic carbocycles. The second-order valence-electron chi connectivity index (χ2n) is 13.1. The normalized spacial score (nSPS) is 17.0. The Balaban J connectivity index is 1.20. The van der Waals surface area contributed by atoms with Crippen molar-refractivity contribution < 1.29 is 29.3 Å². The summed E-state index contributed by atoms with van der Waals surface area (Å²) >= 11 is 0. The summed E-state index contributed by atoms with van der Waals surface area (Å²) < 4.78 is 6.32. The summed E-state index contributed by atoms with van der Waals surface area (Å²) in [6, 6.07) is 13.9. The summed E-state index contributed by atoms with van der Waals surface area (Å²) in [4.78, 5) is 32.8. The van der Waals surface area contributed by atoms with Gasteiger partial charge in [0, 0.05) is 0 Å². The molecule has 6 nitrogen and oxygen atoms in total. The van der Waals surface area contributed by atoms with Crippen LogP contribution in [0.25, 0.3) is 0 Å². The Morgan fingerprint density at radius 2 is 0.957 bits per heavy atom. The highest BCUT2D eigenvalue weighted by atomic mass is 16.6. The summed E-state index contributed by atoms with van der Waals surface area (Å²) in [6.07, 6.45) is 29.2. The van der Waals surface area contributed by atoms with E-state index in [4.69, 9.17) is 4.74 Å². The molecule has 1 heterocycles. The highest BCUT2D eigenvalue weighted by molar-refractivity contribution is 5.88. The lowest BCUT2D eigenvalue weighted by Gasteiger charge is -2.14. The molecular weight excluding hydrogens is 576 g/mol. The number of carboxylic acid groups (broad SMARTS) is 2. The number of carbonyl (C=O) groups is 2. The van der Waals surface area contributed by atoms with E-state index in [1.807, 2.05) is 30.2 Å². The van der Waals surface area contributed by atoms with E-state index in [1.54, 1.807) is 30.3 Å². The average Bonchev–Trinajstić information content (AvgIpc) is 3.80. The SMILES string of the molecule is O=C=CCCCCCCCCCCCCCCCCCCCCCCC1(c2ccc(C(=O)O)cc2)OC1c1ccc(C(=O)O)cc1. The molecule has 252 valence electrons. The maximum Gasteiger partial charge on any atom is 0.335 e. The van der Waals surface area contributed by atoms with Crippen molar-refractivity contribution in [2.75, 3.05) is 0 Å². The number of aromatic carboxylic acids is 2. The van der Waals surface area contributed by atoms with Gasteiger partial charge in [-0.05, 0) is 60.7 Å². The lowest BCUT2D eigenvalue weighted by atomic mass is 9.86. The summed E-state index contributed by atoms with van der Waals surface area (Å²) in [5.74, 6) is -0.0400. The van der Waals surface area contributed by atoms with Gasteiger partial charge in [-0.2, -0.15) is 0 Å². The number of epoxide rings is 1. The zero-order valence-corrected chi connectivity index (χ0v) is 27.9. The third kappa shape index (κ3) is 13.3. The van der Waals surface area contributed by atoms with Gasteiger partial charge in [0.1, 0.15) is 17.6 Å². The fourth-order valence-electron chi connectivity index (χ4n) is 6.64. The molecule has 46 heavy (non-hydrogen) atoms. The first-order chi connectivity index (χ1) is 22.5. The quantitative estimate of drug-likeness (QED) is 0.0577. The van der Waals surface area contributed by atoms with Crippen molar-refractivity contribution in [3.05, 3.63) is 76.9 Å². The molecule has 1 aliphatic heterocycles. The number of rotatable bonds is 27. The van der Waals surface area contributed by atoms with Crippen LogP contribution < -0.4 is 0 Å². The molecule has 2 atom stereocenters. The van der Waals surface area contributed by atoms with Gasteiger partial charge in [-0.3, -0.25) is 0 Å². The summed E-state index contributed by atoms with van der Waals surface area (Å²) in [7, 11) is 0. The monoisotopic (exact) mass is 632 g/mol. The smallest absolute Gasteiger partial charge is 0.335 e. The van der Waals surface area contributed by atoms with Gasteiger partial charge in [-0.15, -0.1) is 0 Å². The molecule has 2 aromatic rings. The molecule has 3 rings (SSSR count). The fraction of sp³-hybridized carbons (Fsp3) is 0.600. The van der Waals surface area contributed by atoms with Crippen LogP contribution in [0.3, 0.4) is 0 Å². The lowest BCUT2D eigenvalue weighted by Crippen LogP contribution is -2.11. The Hall–Kier alpha value is -3.21. The van der Waals surface area contributed by atoms with Crippen molar-refractivity contribution in [3.63, 3.8) is 0 Å². The van der Waals surface area contributed by atoms with Crippen molar-refractivity contribution in [2.45, 2.75) is 153 Å². The van der Waals surface area contributed by atoms with Crippen LogP contribution in [0, 0.1) is 0 Å². The highest BCUT2D eigenvalue weighted by Gasteiger charge is 2.57. The van der Waals surface area contributed by atoms with Gasteiger partial charge in [0.15, 0.2) is 0 Å². The van der Waals surface area contributed by atoms with E-state index in [1.165, 1.54) is 109 Å². The van der Waals surface area contributed by atoms with E-state index < -0.39 is 17.5 Å². The molecule has 1 fully saturated rings. The van der Waals surface area contributed by atoms with Crippen LogP contribution in [0.2, 0.25) is 0 Å². The molecule has 0 radical (unpaired) electrons. The van der Waals surface area contributed by atoms with Crippen molar-refractivity contribution >= 4 is 17.9 Å². The molecule has 0 saturated carbocycles. The van der Waals surface area contributed by atoms with E-state index in [2.05, 4.69) is 0 Å². The van der Waals surface area contributed by atoms with Crippen molar-refractivity contribution in [3.8, 4) is 0 Å². The molecular formula is C40H56O6. The van der Waals surface area contributed by atoms with E-state index in [-0.39, 0.29) is 17.2 Å². The Labute approximate surface area is 276 Å². The van der Waals surface area contributed by atoms with Crippen molar-refractivity contribution in [1.82, 2.24) is 0 Å². The number of carbonyl (C=O) groups excluding carboxylic acids is 1. The molecule has 0 aliphatic carbocycles. The van der Waals surface area contributed by atoms with Gasteiger partial charge in [0.05, 0.1) is 11.1 Å². The number of allylic oxidation sites excluding steroid dienone is 1. The van der Waals surface area contributed by atoms with Crippen LogP contribution in [-0.2, 0) is 15.1 Å². The molecule has 0 aromatic heterocycles. The van der Waals surface area contributed by atoms with E-state index >= 15 is 0 Å². The Morgan fingerprint density at radius 3 is 1.35 bits per heavy atom. The Kier molecular flexibility index (Phi) is 17.5. The first-order valence-electron chi connectivity index (χ1n) is 18.0. The fourth-order valence-corrected chi connectivity index (χ4v) is 6.64. The zero-order valence-electron chi connectivity index (χ0n) is 27.9. The van der Waals surface area contributed by atoms with Gasteiger partial charge < -0.3 is 14.9 Å². The van der Waals surface area contributed by atoms with Crippen molar-refractivity contribution in [2.24, 2.45) is 0 Å². The number of unbranched alkanes of at least 4 members (excludes halogenated alkanes) is 20. The molecule has 1 aliphatic rings. The number of hydrogen-bond acceptors (Lipinski definition) is 4. The molecule has 1 saturated heterocycles. The van der Waals surface area contributed by atoms with Gasteiger partial charge in [-0.1, -0.05) is 146 Å². The van der Waals surface area contributed by atoms with Gasteiger partial charge in [0.25, 0.3) is 0 Å². The molecule has 2 unspecified atom stereocenters. The maximum atomic E-state index is 11.3. The first kappa shape index (κ1) is 37.2. The van der Waals surface area contributed by atoms with E-state index in [0.29, 0.717) is 0 Å². The number of hydrogen-bond donors (Lipinski definition) is 2. The van der Waals surface area contributed by atoms with E-state index in [0.717, 1.165) is 43.2 Å². The third-order valence-electron chi connectivity index (χ3n) is 9.51. The van der Waals surface area contributed by atoms with Crippen LogP contribution in [0.15, 0.2) is 54.6 Å². The molecule has 6 heteroatoms. The second kappa shape index (κ2) is 21.6. The van der Waals surface area contributed by atoms with Crippen LogP contribution in [-0.4, -0.2) is 28.1 Å². The highest BCUT2D eigenvalue weighted by Crippen LogP contribution is 2.60.